The Morgan fingerprint density at radius 3 is 2.42 bits per heavy atom. The largest absolute Gasteiger partial charge is 0.205 e. The van der Waals surface area contributed by atoms with E-state index in [9.17, 15) is 4.39 Å². The van der Waals surface area contributed by atoms with E-state index in [4.69, 9.17) is 11.6 Å². The summed E-state index contributed by atoms with van der Waals surface area (Å²) in [5, 5.41) is 1.12. The molecule has 0 aliphatic carbocycles. The standard InChI is InChI=1S/C16H15BrClF/c17-11-13(9-12-5-2-1-3-6-12)10-14-7-4-8-15(19)16(14)18/h1-8,13H,9-11H2. The Morgan fingerprint density at radius 2 is 1.74 bits per heavy atom. The highest BCUT2D eigenvalue weighted by Gasteiger charge is 2.13. The lowest BCUT2D eigenvalue weighted by Gasteiger charge is -2.15. The Morgan fingerprint density at radius 1 is 1.00 bits per heavy atom. The lowest BCUT2D eigenvalue weighted by Crippen LogP contribution is -2.10. The van der Waals surface area contributed by atoms with Crippen LogP contribution in [-0.4, -0.2) is 5.33 Å². The van der Waals surface area contributed by atoms with Crippen molar-refractivity contribution < 1.29 is 4.39 Å². The van der Waals surface area contributed by atoms with Crippen LogP contribution in [0.4, 0.5) is 4.39 Å². The van der Waals surface area contributed by atoms with E-state index in [1.165, 1.54) is 11.6 Å². The summed E-state index contributed by atoms with van der Waals surface area (Å²) in [5.41, 5.74) is 2.17. The maximum Gasteiger partial charge on any atom is 0.142 e. The molecular formula is C16H15BrClF. The van der Waals surface area contributed by atoms with Crippen molar-refractivity contribution in [1.29, 1.82) is 0 Å². The molecule has 0 saturated carbocycles. The fraction of sp³-hybridized carbons (Fsp3) is 0.250. The topological polar surface area (TPSA) is 0 Å². The van der Waals surface area contributed by atoms with E-state index in [1.54, 1.807) is 6.07 Å². The fourth-order valence-corrected chi connectivity index (χ4v) is 2.81. The predicted octanol–water partition coefficient (Wildman–Crippen LogP) is 5.28. The zero-order valence-electron chi connectivity index (χ0n) is 10.5. The van der Waals surface area contributed by atoms with Gasteiger partial charge in [-0.3, -0.25) is 0 Å². The van der Waals surface area contributed by atoms with Gasteiger partial charge in [0, 0.05) is 5.33 Å². The molecule has 1 atom stereocenters. The van der Waals surface area contributed by atoms with Crippen LogP contribution in [0, 0.1) is 11.7 Å². The first-order valence-electron chi connectivity index (χ1n) is 6.23. The van der Waals surface area contributed by atoms with Gasteiger partial charge < -0.3 is 0 Å². The number of alkyl halides is 1. The van der Waals surface area contributed by atoms with E-state index < -0.39 is 0 Å². The second kappa shape index (κ2) is 7.06. The Balaban J connectivity index is 2.09. The van der Waals surface area contributed by atoms with Crippen molar-refractivity contribution in [1.82, 2.24) is 0 Å². The van der Waals surface area contributed by atoms with Crippen LogP contribution in [0.5, 0.6) is 0 Å². The van der Waals surface area contributed by atoms with Gasteiger partial charge in [-0.25, -0.2) is 4.39 Å². The van der Waals surface area contributed by atoms with Crippen molar-refractivity contribution in [2.75, 3.05) is 5.33 Å². The van der Waals surface area contributed by atoms with Gasteiger partial charge in [0.25, 0.3) is 0 Å². The molecule has 0 heterocycles. The minimum Gasteiger partial charge on any atom is -0.205 e. The minimum absolute atomic E-state index is 0.251. The normalized spacial score (nSPS) is 12.4. The van der Waals surface area contributed by atoms with E-state index in [2.05, 4.69) is 28.1 Å². The maximum atomic E-state index is 13.4. The zero-order valence-corrected chi connectivity index (χ0v) is 12.8. The van der Waals surface area contributed by atoms with Crippen LogP contribution in [0.1, 0.15) is 11.1 Å². The zero-order chi connectivity index (χ0) is 13.7. The van der Waals surface area contributed by atoms with E-state index in [0.29, 0.717) is 5.92 Å². The second-order valence-corrected chi connectivity index (χ2v) is 5.65. The van der Waals surface area contributed by atoms with E-state index in [-0.39, 0.29) is 10.8 Å². The summed E-state index contributed by atoms with van der Waals surface area (Å²) in [4.78, 5) is 0. The van der Waals surface area contributed by atoms with E-state index in [1.807, 2.05) is 24.3 Å². The average molecular weight is 342 g/mol. The number of halogens is 3. The molecule has 100 valence electrons. The summed E-state index contributed by atoms with van der Waals surface area (Å²) in [5.74, 6) is 0.0638. The van der Waals surface area contributed by atoms with Crippen LogP contribution in [-0.2, 0) is 12.8 Å². The lowest BCUT2D eigenvalue weighted by atomic mass is 9.94. The minimum atomic E-state index is -0.341. The van der Waals surface area contributed by atoms with Gasteiger partial charge in [-0.15, -0.1) is 0 Å². The van der Waals surface area contributed by atoms with Gasteiger partial charge in [-0.05, 0) is 36.0 Å². The third-order valence-electron chi connectivity index (χ3n) is 3.13. The molecule has 19 heavy (non-hydrogen) atoms. The Bertz CT molecular complexity index is 528. The van der Waals surface area contributed by atoms with Crippen LogP contribution >= 0.6 is 27.5 Å². The first kappa shape index (κ1) is 14.5. The molecule has 0 saturated heterocycles. The van der Waals surface area contributed by atoms with Crippen molar-refractivity contribution in [3.05, 3.63) is 70.5 Å². The number of benzene rings is 2. The average Bonchev–Trinajstić information content (AvgIpc) is 2.44. The molecule has 0 amide bonds. The van der Waals surface area contributed by atoms with Crippen molar-refractivity contribution in [2.24, 2.45) is 5.92 Å². The van der Waals surface area contributed by atoms with E-state index >= 15 is 0 Å². The predicted molar refractivity (Wildman–Crippen MR) is 82.5 cm³/mol. The molecule has 2 aromatic rings. The quantitative estimate of drug-likeness (QED) is 0.649. The molecule has 0 nitrogen and oxygen atoms in total. The molecule has 2 aromatic carbocycles. The Hall–Kier alpha value is -0.860. The van der Waals surface area contributed by atoms with Crippen molar-refractivity contribution >= 4 is 27.5 Å². The van der Waals surface area contributed by atoms with Crippen LogP contribution < -0.4 is 0 Å². The highest BCUT2D eigenvalue weighted by atomic mass is 79.9. The van der Waals surface area contributed by atoms with Gasteiger partial charge in [-0.2, -0.15) is 0 Å². The molecule has 0 aliphatic heterocycles. The fourth-order valence-electron chi connectivity index (χ4n) is 2.15. The van der Waals surface area contributed by atoms with Crippen molar-refractivity contribution in [3.63, 3.8) is 0 Å². The number of hydrogen-bond acceptors (Lipinski definition) is 0. The van der Waals surface area contributed by atoms with Crippen LogP contribution in [0.25, 0.3) is 0 Å². The molecule has 0 spiro atoms. The lowest BCUT2D eigenvalue weighted by molar-refractivity contribution is 0.583. The van der Waals surface area contributed by atoms with Crippen LogP contribution in [0.3, 0.4) is 0 Å². The highest BCUT2D eigenvalue weighted by molar-refractivity contribution is 9.09. The van der Waals surface area contributed by atoms with Crippen molar-refractivity contribution in [3.8, 4) is 0 Å². The first-order chi connectivity index (χ1) is 9.20. The van der Waals surface area contributed by atoms with Crippen LogP contribution in [0.15, 0.2) is 48.5 Å². The molecular weight excluding hydrogens is 327 g/mol. The SMILES string of the molecule is Fc1cccc(CC(CBr)Cc2ccccc2)c1Cl. The van der Waals surface area contributed by atoms with Gasteiger partial charge in [-0.1, -0.05) is 70.0 Å². The number of hydrogen-bond donors (Lipinski definition) is 0. The van der Waals surface area contributed by atoms with Crippen LogP contribution in [0.2, 0.25) is 5.02 Å². The Kier molecular flexibility index (Phi) is 5.41. The summed E-state index contributed by atoms with van der Waals surface area (Å²) in [6, 6.07) is 15.3. The molecule has 1 unspecified atom stereocenters. The molecule has 0 aliphatic rings. The first-order valence-corrected chi connectivity index (χ1v) is 7.73. The molecule has 0 bridgehead atoms. The highest BCUT2D eigenvalue weighted by Crippen LogP contribution is 2.24. The molecule has 0 fully saturated rings. The second-order valence-electron chi connectivity index (χ2n) is 4.63. The van der Waals surface area contributed by atoms with Gasteiger partial charge in [0.1, 0.15) is 5.82 Å². The van der Waals surface area contributed by atoms with Gasteiger partial charge in [0.15, 0.2) is 0 Å². The van der Waals surface area contributed by atoms with Gasteiger partial charge in [0.05, 0.1) is 5.02 Å². The summed E-state index contributed by atoms with van der Waals surface area (Å²) < 4.78 is 13.4. The summed E-state index contributed by atoms with van der Waals surface area (Å²) in [6.07, 6.45) is 1.73. The molecule has 0 aromatic heterocycles. The van der Waals surface area contributed by atoms with Crippen molar-refractivity contribution in [2.45, 2.75) is 12.8 Å². The molecule has 2 rings (SSSR count). The monoisotopic (exact) mass is 340 g/mol. The molecule has 0 N–H and O–H groups in total. The molecule has 0 radical (unpaired) electrons. The summed E-state index contributed by atoms with van der Waals surface area (Å²) in [6.45, 7) is 0. The van der Waals surface area contributed by atoms with Gasteiger partial charge in [0.2, 0.25) is 0 Å². The third-order valence-corrected chi connectivity index (χ3v) is 4.46. The van der Waals surface area contributed by atoms with Gasteiger partial charge >= 0.3 is 0 Å². The number of rotatable bonds is 5. The third kappa shape index (κ3) is 4.05. The van der Waals surface area contributed by atoms with E-state index in [0.717, 1.165) is 23.7 Å². The summed E-state index contributed by atoms with van der Waals surface area (Å²) in [7, 11) is 0. The molecule has 3 heteroatoms. The summed E-state index contributed by atoms with van der Waals surface area (Å²) >= 11 is 9.54. The maximum absolute atomic E-state index is 13.4. The Labute approximate surface area is 126 Å². The smallest absolute Gasteiger partial charge is 0.142 e.